The van der Waals surface area contributed by atoms with Crippen molar-refractivity contribution in [2.75, 3.05) is 0 Å². The number of aliphatic imine (C=N–C) groups is 1. The first-order chi connectivity index (χ1) is 6.24. The second-order valence-corrected chi connectivity index (χ2v) is 2.77. The van der Waals surface area contributed by atoms with Crippen molar-refractivity contribution in [3.8, 4) is 0 Å². The highest BCUT2D eigenvalue weighted by atomic mass is 14.7. The maximum Gasteiger partial charge on any atom is 0.0375 e. The first-order valence-corrected chi connectivity index (χ1v) is 4.74. The van der Waals surface area contributed by atoms with Gasteiger partial charge < -0.3 is 0 Å². The summed E-state index contributed by atoms with van der Waals surface area (Å²) in [6.45, 7) is 8.15. The van der Waals surface area contributed by atoms with Gasteiger partial charge in [-0.1, -0.05) is 31.2 Å². The molecular weight excluding hydrogens is 158 g/mol. The largest absolute Gasteiger partial charge is 0.259 e. The van der Waals surface area contributed by atoms with Crippen molar-refractivity contribution in [2.24, 2.45) is 4.99 Å². The van der Waals surface area contributed by atoms with Gasteiger partial charge in [0, 0.05) is 11.4 Å². The van der Waals surface area contributed by atoms with E-state index in [2.05, 4.69) is 11.9 Å². The molecule has 1 nitrogen and oxygen atoms in total. The molecule has 0 bridgehead atoms. The molecule has 0 aliphatic heterocycles. The molecule has 0 saturated carbocycles. The molecule has 0 aromatic rings. The summed E-state index contributed by atoms with van der Waals surface area (Å²) in [6, 6.07) is 0. The Hall–Kier alpha value is -1.11. The van der Waals surface area contributed by atoms with Gasteiger partial charge in [0.2, 0.25) is 0 Å². The third-order valence-corrected chi connectivity index (χ3v) is 1.66. The molecule has 0 unspecified atom stereocenters. The van der Waals surface area contributed by atoms with Crippen LogP contribution < -0.4 is 0 Å². The molecule has 0 radical (unpaired) electrons. The molecule has 0 amide bonds. The predicted octanol–water partition coefficient (Wildman–Crippen LogP) is 3.89. The standard InChI is InChI=1S/C12H19N/c1-5-8-9-10-11(4)13-12(6-2)7-3/h5-6,8-10H,7H2,1-4H3/b8-5-,10-9-,12-6-,13-11+. The third-order valence-electron chi connectivity index (χ3n) is 1.66. The van der Waals surface area contributed by atoms with Crippen LogP contribution in [0.2, 0.25) is 0 Å². The van der Waals surface area contributed by atoms with Crippen LogP contribution in [0.5, 0.6) is 0 Å². The average molecular weight is 177 g/mol. The Bertz CT molecular complexity index is 242. The summed E-state index contributed by atoms with van der Waals surface area (Å²) in [7, 11) is 0. The zero-order chi connectivity index (χ0) is 10.1. The Morgan fingerprint density at radius 1 is 1.23 bits per heavy atom. The molecule has 0 aromatic heterocycles. The van der Waals surface area contributed by atoms with E-state index in [0.29, 0.717) is 0 Å². The summed E-state index contributed by atoms with van der Waals surface area (Å²) in [5, 5.41) is 0. The Morgan fingerprint density at radius 2 is 1.92 bits per heavy atom. The van der Waals surface area contributed by atoms with E-state index in [-0.39, 0.29) is 0 Å². The van der Waals surface area contributed by atoms with Crippen molar-refractivity contribution in [3.63, 3.8) is 0 Å². The predicted molar refractivity (Wildman–Crippen MR) is 61.1 cm³/mol. The van der Waals surface area contributed by atoms with Crippen molar-refractivity contribution >= 4 is 5.71 Å². The van der Waals surface area contributed by atoms with Crippen LogP contribution >= 0.6 is 0 Å². The van der Waals surface area contributed by atoms with Gasteiger partial charge in [0.25, 0.3) is 0 Å². The SMILES string of the molecule is C\C=C/C=C\C(C)=N\C(=C/C)CC. The van der Waals surface area contributed by atoms with Crippen LogP contribution in [-0.2, 0) is 0 Å². The Kier molecular flexibility index (Phi) is 6.89. The molecule has 13 heavy (non-hydrogen) atoms. The van der Waals surface area contributed by atoms with Crippen LogP contribution in [0.1, 0.15) is 34.1 Å². The van der Waals surface area contributed by atoms with Crippen LogP contribution in [0.4, 0.5) is 0 Å². The lowest BCUT2D eigenvalue weighted by Crippen LogP contribution is -1.85. The van der Waals surface area contributed by atoms with Crippen molar-refractivity contribution in [1.82, 2.24) is 0 Å². The molecule has 0 spiro atoms. The maximum atomic E-state index is 4.44. The summed E-state index contributed by atoms with van der Waals surface area (Å²) >= 11 is 0. The molecule has 0 atom stereocenters. The molecule has 0 aromatic carbocycles. The number of nitrogens with zero attached hydrogens (tertiary/aromatic N) is 1. The van der Waals surface area contributed by atoms with Gasteiger partial charge in [0.15, 0.2) is 0 Å². The second-order valence-electron chi connectivity index (χ2n) is 2.77. The molecule has 0 aliphatic carbocycles. The van der Waals surface area contributed by atoms with Crippen molar-refractivity contribution in [3.05, 3.63) is 36.1 Å². The minimum atomic E-state index is 0.991. The number of hydrogen-bond acceptors (Lipinski definition) is 1. The Morgan fingerprint density at radius 3 is 2.38 bits per heavy atom. The molecule has 0 saturated heterocycles. The van der Waals surface area contributed by atoms with E-state index in [1.807, 2.05) is 51.2 Å². The van der Waals surface area contributed by atoms with Crippen molar-refractivity contribution in [1.29, 1.82) is 0 Å². The highest BCUT2D eigenvalue weighted by Gasteiger charge is 1.87. The van der Waals surface area contributed by atoms with Crippen LogP contribution in [0.15, 0.2) is 41.1 Å². The number of allylic oxidation sites excluding steroid dienone is 6. The van der Waals surface area contributed by atoms with E-state index >= 15 is 0 Å². The van der Waals surface area contributed by atoms with Crippen molar-refractivity contribution < 1.29 is 0 Å². The van der Waals surface area contributed by atoms with E-state index in [9.17, 15) is 0 Å². The fourth-order valence-corrected chi connectivity index (χ4v) is 0.917. The minimum Gasteiger partial charge on any atom is -0.259 e. The van der Waals surface area contributed by atoms with Gasteiger partial charge in [-0.05, 0) is 33.3 Å². The van der Waals surface area contributed by atoms with Crippen LogP contribution in [0.3, 0.4) is 0 Å². The highest BCUT2D eigenvalue weighted by molar-refractivity contribution is 5.93. The molecule has 0 N–H and O–H groups in total. The summed E-state index contributed by atoms with van der Waals surface area (Å²) in [4.78, 5) is 4.44. The molecule has 0 fully saturated rings. The maximum absolute atomic E-state index is 4.44. The second kappa shape index (κ2) is 7.53. The molecule has 1 heteroatoms. The fraction of sp³-hybridized carbons (Fsp3) is 0.417. The molecule has 72 valence electrons. The van der Waals surface area contributed by atoms with Gasteiger partial charge in [-0.3, -0.25) is 4.99 Å². The highest BCUT2D eigenvalue weighted by Crippen LogP contribution is 2.02. The lowest BCUT2D eigenvalue weighted by molar-refractivity contribution is 1.06. The molecule has 0 heterocycles. The zero-order valence-electron chi connectivity index (χ0n) is 9.04. The van der Waals surface area contributed by atoms with Gasteiger partial charge in [0.1, 0.15) is 0 Å². The average Bonchev–Trinajstić information content (AvgIpc) is 2.14. The molecule has 0 rings (SSSR count). The van der Waals surface area contributed by atoms with E-state index < -0.39 is 0 Å². The van der Waals surface area contributed by atoms with E-state index in [4.69, 9.17) is 0 Å². The zero-order valence-corrected chi connectivity index (χ0v) is 9.04. The lowest BCUT2D eigenvalue weighted by atomic mass is 10.3. The van der Waals surface area contributed by atoms with Gasteiger partial charge in [-0.2, -0.15) is 0 Å². The lowest BCUT2D eigenvalue weighted by Gasteiger charge is -1.96. The van der Waals surface area contributed by atoms with Crippen LogP contribution in [-0.4, -0.2) is 5.71 Å². The van der Waals surface area contributed by atoms with E-state index in [1.54, 1.807) is 0 Å². The monoisotopic (exact) mass is 177 g/mol. The van der Waals surface area contributed by atoms with Crippen molar-refractivity contribution in [2.45, 2.75) is 34.1 Å². The van der Waals surface area contributed by atoms with E-state index in [1.165, 1.54) is 0 Å². The van der Waals surface area contributed by atoms with Crippen LogP contribution in [0, 0.1) is 0 Å². The fourth-order valence-electron chi connectivity index (χ4n) is 0.917. The number of rotatable bonds is 4. The topological polar surface area (TPSA) is 12.4 Å². The van der Waals surface area contributed by atoms with E-state index in [0.717, 1.165) is 17.8 Å². The Balaban J connectivity index is 4.31. The molecule has 0 aliphatic rings. The quantitative estimate of drug-likeness (QED) is 0.456. The number of hydrogen-bond donors (Lipinski definition) is 0. The normalized spacial score (nSPS) is 14.8. The van der Waals surface area contributed by atoms with Gasteiger partial charge in [-0.15, -0.1) is 0 Å². The van der Waals surface area contributed by atoms with Gasteiger partial charge >= 0.3 is 0 Å². The third kappa shape index (κ3) is 6.09. The summed E-state index contributed by atoms with van der Waals surface area (Å²) < 4.78 is 0. The van der Waals surface area contributed by atoms with Gasteiger partial charge in [0.05, 0.1) is 0 Å². The first-order valence-electron chi connectivity index (χ1n) is 4.74. The van der Waals surface area contributed by atoms with Gasteiger partial charge in [-0.25, -0.2) is 0 Å². The Labute approximate surface area is 81.6 Å². The smallest absolute Gasteiger partial charge is 0.0375 e. The summed E-state index contributed by atoms with van der Waals surface area (Å²) in [5.41, 5.74) is 2.19. The summed E-state index contributed by atoms with van der Waals surface area (Å²) in [6.07, 6.45) is 11.1. The first kappa shape index (κ1) is 11.9. The minimum absolute atomic E-state index is 0.991. The van der Waals surface area contributed by atoms with Crippen LogP contribution in [0.25, 0.3) is 0 Å². The molecular formula is C12H19N. The summed E-state index contributed by atoms with van der Waals surface area (Å²) in [5.74, 6) is 0.